The number of sulfone groups is 1. The van der Waals surface area contributed by atoms with Crippen molar-refractivity contribution in [3.05, 3.63) is 23.9 Å². The highest BCUT2D eigenvalue weighted by atomic mass is 32.2. The van der Waals surface area contributed by atoms with E-state index in [1.807, 2.05) is 11.8 Å². The van der Waals surface area contributed by atoms with Gasteiger partial charge in [0.1, 0.15) is 0 Å². The number of rotatable bonds is 6. The van der Waals surface area contributed by atoms with Crippen LogP contribution in [0.25, 0.3) is 10.9 Å². The summed E-state index contributed by atoms with van der Waals surface area (Å²) < 4.78 is 23.8. The number of aromatic nitrogens is 2. The molecular weight excluding hydrogens is 388 g/mol. The van der Waals surface area contributed by atoms with Crippen molar-refractivity contribution in [1.29, 1.82) is 0 Å². The first-order chi connectivity index (χ1) is 13.6. The molecule has 1 aliphatic rings. The maximum Gasteiger partial charge on any atom is 0.226 e. The molecule has 1 saturated heterocycles. The lowest BCUT2D eigenvalue weighted by atomic mass is 9.97. The van der Waals surface area contributed by atoms with Crippen molar-refractivity contribution in [1.82, 2.24) is 15.3 Å². The topological polar surface area (TPSA) is 92.3 Å². The standard InChI is InChI=1S/C21H30N4O3S/c1-14(2)9-10-22-20(26)16-6-5-11-25(13-16)21-23-15(3)18-8-7-17(29(4,27)28)12-19(18)24-21/h7-8,12,14,16H,5-6,9-11,13H2,1-4H3,(H,22,26). The monoisotopic (exact) mass is 418 g/mol. The van der Waals surface area contributed by atoms with Gasteiger partial charge in [0.2, 0.25) is 11.9 Å². The summed E-state index contributed by atoms with van der Waals surface area (Å²) >= 11 is 0. The summed E-state index contributed by atoms with van der Waals surface area (Å²) in [6.07, 6.45) is 3.91. The molecule has 1 fully saturated rings. The molecule has 2 aromatic rings. The van der Waals surface area contributed by atoms with E-state index in [0.717, 1.165) is 36.9 Å². The van der Waals surface area contributed by atoms with E-state index in [-0.39, 0.29) is 16.7 Å². The van der Waals surface area contributed by atoms with Gasteiger partial charge in [0.05, 0.1) is 22.0 Å². The average molecular weight is 419 g/mol. The van der Waals surface area contributed by atoms with Crippen LogP contribution in [0.5, 0.6) is 0 Å². The minimum absolute atomic E-state index is 0.0853. The number of benzene rings is 1. The molecule has 1 aromatic heterocycles. The SMILES string of the molecule is Cc1nc(N2CCCC(C(=O)NCCC(C)C)C2)nc2cc(S(C)(=O)=O)ccc12. The van der Waals surface area contributed by atoms with Crippen molar-refractivity contribution in [2.75, 3.05) is 30.8 Å². The molecule has 158 valence electrons. The molecule has 0 bridgehead atoms. The normalized spacial score (nSPS) is 17.7. The lowest BCUT2D eigenvalue weighted by molar-refractivity contribution is -0.125. The third-order valence-electron chi connectivity index (χ3n) is 5.37. The van der Waals surface area contributed by atoms with Gasteiger partial charge in [0, 0.05) is 31.3 Å². The molecule has 1 aliphatic heterocycles. The highest BCUT2D eigenvalue weighted by Gasteiger charge is 2.27. The lowest BCUT2D eigenvalue weighted by Gasteiger charge is -2.32. The Balaban J connectivity index is 1.81. The van der Waals surface area contributed by atoms with Crippen LogP contribution in [0.15, 0.2) is 23.1 Å². The summed E-state index contributed by atoms with van der Waals surface area (Å²) in [7, 11) is -3.31. The summed E-state index contributed by atoms with van der Waals surface area (Å²) in [5.74, 6) is 1.12. The third-order valence-corrected chi connectivity index (χ3v) is 6.48. The van der Waals surface area contributed by atoms with E-state index in [9.17, 15) is 13.2 Å². The Bertz CT molecular complexity index is 1000. The first kappa shape index (κ1) is 21.5. The number of amides is 1. The third kappa shape index (κ3) is 5.23. The molecule has 3 rings (SSSR count). The van der Waals surface area contributed by atoms with Gasteiger partial charge in [-0.3, -0.25) is 4.79 Å². The zero-order chi connectivity index (χ0) is 21.2. The summed E-state index contributed by atoms with van der Waals surface area (Å²) in [4.78, 5) is 24.1. The number of nitrogens with one attached hydrogen (secondary N) is 1. The predicted octanol–water partition coefficient (Wildman–Crippen LogP) is 2.72. The average Bonchev–Trinajstić information content (AvgIpc) is 2.66. The molecule has 29 heavy (non-hydrogen) atoms. The van der Waals surface area contributed by atoms with Crippen molar-refractivity contribution in [2.45, 2.75) is 44.9 Å². The smallest absolute Gasteiger partial charge is 0.226 e. The van der Waals surface area contributed by atoms with Gasteiger partial charge in [-0.2, -0.15) is 0 Å². The van der Waals surface area contributed by atoms with Crippen molar-refractivity contribution < 1.29 is 13.2 Å². The van der Waals surface area contributed by atoms with Crippen LogP contribution in [0.3, 0.4) is 0 Å². The van der Waals surface area contributed by atoms with E-state index in [1.165, 1.54) is 6.26 Å². The van der Waals surface area contributed by atoms with E-state index >= 15 is 0 Å². The van der Waals surface area contributed by atoms with Crippen LogP contribution in [0, 0.1) is 18.8 Å². The second-order valence-electron chi connectivity index (χ2n) is 8.32. The van der Waals surface area contributed by atoms with Crippen molar-refractivity contribution >= 4 is 32.6 Å². The maximum atomic E-state index is 12.5. The first-order valence-corrected chi connectivity index (χ1v) is 12.1. The summed E-state index contributed by atoms with van der Waals surface area (Å²) in [5.41, 5.74) is 1.41. The minimum atomic E-state index is -3.31. The second kappa shape index (κ2) is 8.65. The van der Waals surface area contributed by atoms with Gasteiger partial charge in [-0.1, -0.05) is 13.8 Å². The van der Waals surface area contributed by atoms with Gasteiger partial charge < -0.3 is 10.2 Å². The molecule has 0 radical (unpaired) electrons. The van der Waals surface area contributed by atoms with Gasteiger partial charge in [0.15, 0.2) is 9.84 Å². The molecule has 0 spiro atoms. The Hall–Kier alpha value is -2.22. The Labute approximate surface area is 172 Å². The fourth-order valence-corrected chi connectivity index (χ4v) is 4.27. The number of piperidine rings is 1. The van der Waals surface area contributed by atoms with Crippen molar-refractivity contribution in [2.24, 2.45) is 11.8 Å². The van der Waals surface area contributed by atoms with Gasteiger partial charge in [-0.25, -0.2) is 18.4 Å². The largest absolute Gasteiger partial charge is 0.356 e. The number of aryl methyl sites for hydroxylation is 1. The molecule has 8 heteroatoms. The van der Waals surface area contributed by atoms with E-state index in [0.29, 0.717) is 30.5 Å². The number of fused-ring (bicyclic) bond motifs is 1. The molecule has 1 atom stereocenters. The number of anilines is 1. The number of carbonyl (C=O) groups excluding carboxylic acids is 1. The van der Waals surface area contributed by atoms with E-state index in [1.54, 1.807) is 18.2 Å². The Morgan fingerprint density at radius 1 is 1.31 bits per heavy atom. The van der Waals surface area contributed by atoms with Crippen LogP contribution < -0.4 is 10.2 Å². The lowest BCUT2D eigenvalue weighted by Crippen LogP contribution is -2.44. The van der Waals surface area contributed by atoms with Crippen LogP contribution >= 0.6 is 0 Å². The second-order valence-corrected chi connectivity index (χ2v) is 10.3. The molecule has 1 unspecified atom stereocenters. The highest BCUT2D eigenvalue weighted by Crippen LogP contribution is 2.25. The number of nitrogens with zero attached hydrogens (tertiary/aromatic N) is 3. The van der Waals surface area contributed by atoms with Gasteiger partial charge in [0.25, 0.3) is 0 Å². The number of hydrogen-bond donors (Lipinski definition) is 1. The molecule has 0 saturated carbocycles. The summed E-state index contributed by atoms with van der Waals surface area (Å²) in [5, 5.41) is 3.88. The number of carbonyl (C=O) groups is 1. The molecule has 7 nitrogen and oxygen atoms in total. The van der Waals surface area contributed by atoms with Crippen LogP contribution in [0.2, 0.25) is 0 Å². The summed E-state index contributed by atoms with van der Waals surface area (Å²) in [6, 6.07) is 4.95. The zero-order valence-electron chi connectivity index (χ0n) is 17.6. The van der Waals surface area contributed by atoms with Crippen LogP contribution in [-0.2, 0) is 14.6 Å². The van der Waals surface area contributed by atoms with Crippen molar-refractivity contribution in [3.8, 4) is 0 Å². The molecule has 2 heterocycles. The highest BCUT2D eigenvalue weighted by molar-refractivity contribution is 7.90. The molecule has 0 aliphatic carbocycles. The number of hydrogen-bond acceptors (Lipinski definition) is 6. The van der Waals surface area contributed by atoms with E-state index < -0.39 is 9.84 Å². The van der Waals surface area contributed by atoms with Crippen molar-refractivity contribution in [3.63, 3.8) is 0 Å². The van der Waals surface area contributed by atoms with Gasteiger partial charge in [-0.15, -0.1) is 0 Å². The maximum absolute atomic E-state index is 12.5. The van der Waals surface area contributed by atoms with Crippen LogP contribution in [0.1, 0.15) is 38.8 Å². The van der Waals surface area contributed by atoms with Crippen LogP contribution in [0.4, 0.5) is 5.95 Å². The Morgan fingerprint density at radius 3 is 2.76 bits per heavy atom. The quantitative estimate of drug-likeness (QED) is 0.775. The first-order valence-electron chi connectivity index (χ1n) is 10.2. The minimum Gasteiger partial charge on any atom is -0.356 e. The van der Waals surface area contributed by atoms with E-state index in [4.69, 9.17) is 0 Å². The molecular formula is C21H30N4O3S. The van der Waals surface area contributed by atoms with Gasteiger partial charge >= 0.3 is 0 Å². The van der Waals surface area contributed by atoms with Gasteiger partial charge in [-0.05, 0) is 50.3 Å². The van der Waals surface area contributed by atoms with Crippen LogP contribution in [-0.4, -0.2) is 50.2 Å². The zero-order valence-corrected chi connectivity index (χ0v) is 18.4. The fourth-order valence-electron chi connectivity index (χ4n) is 3.63. The Kier molecular flexibility index (Phi) is 6.41. The summed E-state index contributed by atoms with van der Waals surface area (Å²) in [6.45, 7) is 8.24. The van der Waals surface area contributed by atoms with E-state index in [2.05, 4.69) is 29.1 Å². The molecule has 1 amide bonds. The molecule has 1 aromatic carbocycles. The molecule has 1 N–H and O–H groups in total. The Morgan fingerprint density at radius 2 is 2.07 bits per heavy atom. The predicted molar refractivity (Wildman–Crippen MR) is 115 cm³/mol. The fraction of sp³-hybridized carbons (Fsp3) is 0.571.